The first-order valence-electron chi connectivity index (χ1n) is 8.77. The van der Waals surface area contributed by atoms with Gasteiger partial charge in [0.1, 0.15) is 5.69 Å². The number of fused-ring (bicyclic) bond motifs is 1. The fraction of sp³-hybridized carbons (Fsp3) is 0.263. The van der Waals surface area contributed by atoms with E-state index in [1.54, 1.807) is 29.1 Å². The van der Waals surface area contributed by atoms with Gasteiger partial charge in [-0.3, -0.25) is 14.2 Å². The third kappa shape index (κ3) is 3.21. The van der Waals surface area contributed by atoms with E-state index in [1.165, 1.54) is 6.07 Å². The Bertz CT molecular complexity index is 1140. The van der Waals surface area contributed by atoms with Crippen LogP contribution in [0.4, 0.5) is 5.69 Å². The van der Waals surface area contributed by atoms with E-state index in [4.69, 9.17) is 23.2 Å². The van der Waals surface area contributed by atoms with Crippen LogP contribution in [0.2, 0.25) is 10.2 Å². The van der Waals surface area contributed by atoms with E-state index in [9.17, 15) is 14.7 Å². The number of amides is 1. The first-order valence-corrected chi connectivity index (χ1v) is 9.52. The minimum atomic E-state index is -0.607. The van der Waals surface area contributed by atoms with Gasteiger partial charge < -0.3 is 10.4 Å². The second-order valence-electron chi connectivity index (χ2n) is 6.71. The van der Waals surface area contributed by atoms with Gasteiger partial charge >= 0.3 is 0 Å². The molecule has 2 atom stereocenters. The molecule has 0 bridgehead atoms. The van der Waals surface area contributed by atoms with Crippen LogP contribution in [0, 0.1) is 5.92 Å². The van der Waals surface area contributed by atoms with Crippen LogP contribution in [0.1, 0.15) is 36.3 Å². The van der Waals surface area contributed by atoms with Gasteiger partial charge in [-0.05, 0) is 30.5 Å². The van der Waals surface area contributed by atoms with Gasteiger partial charge in [0.05, 0.1) is 27.9 Å². The standard InChI is InChI=1S/C19H16Cl2N4O3/c1-2-9-6-14(9)25-8-22-11-4-3-5-12(15(11)19(25)28)24-18(27)13-7-10(20)16(26)17(21)23-13/h3-5,7-9,14,26H,2,6H2,1H3,(H,24,27)/t9-,14-/m0/s1. The number of nitrogens with one attached hydrogen (secondary N) is 1. The average Bonchev–Trinajstić information content (AvgIpc) is 3.45. The summed E-state index contributed by atoms with van der Waals surface area (Å²) in [5.74, 6) is -0.528. The van der Waals surface area contributed by atoms with Crippen molar-refractivity contribution in [2.75, 3.05) is 5.32 Å². The van der Waals surface area contributed by atoms with Gasteiger partial charge in [-0.2, -0.15) is 0 Å². The smallest absolute Gasteiger partial charge is 0.274 e. The lowest BCUT2D eigenvalue weighted by Crippen LogP contribution is -2.22. The van der Waals surface area contributed by atoms with Crippen molar-refractivity contribution in [2.24, 2.45) is 5.92 Å². The summed E-state index contributed by atoms with van der Waals surface area (Å²) in [5.41, 5.74) is 0.534. The van der Waals surface area contributed by atoms with Crippen molar-refractivity contribution in [2.45, 2.75) is 25.8 Å². The van der Waals surface area contributed by atoms with Gasteiger partial charge in [0.2, 0.25) is 0 Å². The molecule has 1 aliphatic rings. The van der Waals surface area contributed by atoms with E-state index >= 15 is 0 Å². The number of aromatic hydroxyl groups is 1. The number of halogens is 2. The van der Waals surface area contributed by atoms with Gasteiger partial charge in [0.25, 0.3) is 11.5 Å². The average molecular weight is 419 g/mol. The normalized spacial score (nSPS) is 18.2. The molecule has 0 radical (unpaired) electrons. The first-order chi connectivity index (χ1) is 13.4. The molecule has 1 amide bonds. The van der Waals surface area contributed by atoms with Gasteiger partial charge in [-0.1, -0.05) is 42.6 Å². The summed E-state index contributed by atoms with van der Waals surface area (Å²) in [7, 11) is 0. The summed E-state index contributed by atoms with van der Waals surface area (Å²) >= 11 is 11.6. The number of anilines is 1. The van der Waals surface area contributed by atoms with Crippen LogP contribution >= 0.6 is 23.2 Å². The summed E-state index contributed by atoms with van der Waals surface area (Å²) in [4.78, 5) is 33.9. The molecule has 144 valence electrons. The molecule has 4 rings (SSSR count). The van der Waals surface area contributed by atoms with Crippen molar-refractivity contribution in [3.8, 4) is 5.75 Å². The number of hydrogen-bond donors (Lipinski definition) is 2. The van der Waals surface area contributed by atoms with E-state index in [2.05, 4.69) is 22.2 Å². The van der Waals surface area contributed by atoms with Gasteiger partial charge in [-0.15, -0.1) is 0 Å². The molecule has 0 aliphatic heterocycles. The molecule has 0 unspecified atom stereocenters. The van der Waals surface area contributed by atoms with E-state index < -0.39 is 11.7 Å². The monoisotopic (exact) mass is 418 g/mol. The van der Waals surface area contributed by atoms with Crippen LogP contribution in [-0.4, -0.2) is 25.5 Å². The molecule has 3 aromatic rings. The largest absolute Gasteiger partial charge is 0.504 e. The minimum absolute atomic E-state index is 0.0812. The van der Waals surface area contributed by atoms with Crippen LogP contribution in [0.3, 0.4) is 0 Å². The summed E-state index contributed by atoms with van der Waals surface area (Å²) < 4.78 is 1.64. The van der Waals surface area contributed by atoms with Crippen molar-refractivity contribution in [1.29, 1.82) is 0 Å². The summed E-state index contributed by atoms with van der Waals surface area (Å²) in [6.07, 6.45) is 3.52. The first kappa shape index (κ1) is 18.7. The Balaban J connectivity index is 1.74. The number of aromatic nitrogens is 3. The molecule has 7 nitrogen and oxygen atoms in total. The molecule has 28 heavy (non-hydrogen) atoms. The lowest BCUT2D eigenvalue weighted by molar-refractivity contribution is 0.102. The molecular weight excluding hydrogens is 403 g/mol. The van der Waals surface area contributed by atoms with Gasteiger partial charge in [0, 0.05) is 6.04 Å². The van der Waals surface area contributed by atoms with Crippen molar-refractivity contribution in [3.05, 3.63) is 56.8 Å². The van der Waals surface area contributed by atoms with Crippen molar-refractivity contribution < 1.29 is 9.90 Å². The second-order valence-corrected chi connectivity index (χ2v) is 7.48. The van der Waals surface area contributed by atoms with E-state index in [1.807, 2.05) is 0 Å². The fourth-order valence-electron chi connectivity index (χ4n) is 3.31. The SMILES string of the molecule is CC[C@H]1C[C@@H]1n1cnc2cccc(NC(=O)c3cc(Cl)c(O)c(Cl)n3)c2c1=O. The fourth-order valence-corrected chi connectivity index (χ4v) is 3.74. The maximum absolute atomic E-state index is 13.0. The molecule has 1 fully saturated rings. The van der Waals surface area contributed by atoms with Gasteiger partial charge in [0.15, 0.2) is 10.9 Å². The Kier molecular flexibility index (Phi) is 4.72. The minimum Gasteiger partial charge on any atom is -0.504 e. The Labute approximate surface area is 169 Å². The van der Waals surface area contributed by atoms with E-state index in [0.717, 1.165) is 12.8 Å². The molecule has 1 saturated carbocycles. The Morgan fingerprint density at radius 3 is 2.86 bits per heavy atom. The molecule has 2 heterocycles. The molecule has 2 aromatic heterocycles. The van der Waals surface area contributed by atoms with Crippen molar-refractivity contribution >= 4 is 45.7 Å². The van der Waals surface area contributed by atoms with Gasteiger partial charge in [-0.25, -0.2) is 9.97 Å². The van der Waals surface area contributed by atoms with E-state index in [0.29, 0.717) is 22.5 Å². The molecule has 9 heteroatoms. The van der Waals surface area contributed by atoms with Crippen LogP contribution in [0.15, 0.2) is 35.4 Å². The molecule has 0 saturated heterocycles. The quantitative estimate of drug-likeness (QED) is 0.623. The summed E-state index contributed by atoms with van der Waals surface area (Å²) in [6.45, 7) is 2.09. The van der Waals surface area contributed by atoms with Crippen LogP contribution in [0.5, 0.6) is 5.75 Å². The highest BCUT2D eigenvalue weighted by molar-refractivity contribution is 6.36. The lowest BCUT2D eigenvalue weighted by Gasteiger charge is -2.11. The van der Waals surface area contributed by atoms with Crippen molar-refractivity contribution in [3.63, 3.8) is 0 Å². The van der Waals surface area contributed by atoms with Crippen LogP contribution in [-0.2, 0) is 0 Å². The topological polar surface area (TPSA) is 97.1 Å². The number of pyridine rings is 1. The highest BCUT2D eigenvalue weighted by atomic mass is 35.5. The Morgan fingerprint density at radius 2 is 2.18 bits per heavy atom. The van der Waals surface area contributed by atoms with E-state index in [-0.39, 0.29) is 27.5 Å². The Hall–Kier alpha value is -2.64. The maximum Gasteiger partial charge on any atom is 0.274 e. The predicted molar refractivity (Wildman–Crippen MR) is 107 cm³/mol. The number of carbonyl (C=O) groups is 1. The third-order valence-electron chi connectivity index (χ3n) is 4.96. The van der Waals surface area contributed by atoms with Crippen LogP contribution < -0.4 is 10.9 Å². The highest BCUT2D eigenvalue weighted by Crippen LogP contribution is 2.44. The zero-order valence-electron chi connectivity index (χ0n) is 14.8. The summed E-state index contributed by atoms with van der Waals surface area (Å²) in [5, 5.41) is 12.2. The molecule has 2 N–H and O–H groups in total. The zero-order valence-corrected chi connectivity index (χ0v) is 16.3. The number of benzene rings is 1. The number of hydrogen-bond acceptors (Lipinski definition) is 5. The van der Waals surface area contributed by atoms with Crippen molar-refractivity contribution in [1.82, 2.24) is 14.5 Å². The highest BCUT2D eigenvalue weighted by Gasteiger charge is 2.38. The number of rotatable bonds is 4. The number of carbonyl (C=O) groups excluding carboxylic acids is 1. The molecule has 0 spiro atoms. The summed E-state index contributed by atoms with van der Waals surface area (Å²) in [6, 6.07) is 6.39. The number of nitrogens with zero attached hydrogens (tertiary/aromatic N) is 3. The van der Waals surface area contributed by atoms with Crippen LogP contribution in [0.25, 0.3) is 10.9 Å². The lowest BCUT2D eigenvalue weighted by atomic mass is 10.2. The molecule has 1 aliphatic carbocycles. The third-order valence-corrected chi connectivity index (χ3v) is 5.52. The molecular formula is C19H16Cl2N4O3. The predicted octanol–water partition coefficient (Wildman–Crippen LogP) is 4.03. The Morgan fingerprint density at radius 1 is 1.39 bits per heavy atom. The molecule has 1 aromatic carbocycles. The zero-order chi connectivity index (χ0) is 20.0. The maximum atomic E-state index is 13.0. The second kappa shape index (κ2) is 7.07.